The number of hydrogen-bond acceptors (Lipinski definition) is 1. The van der Waals surface area contributed by atoms with Gasteiger partial charge >= 0.3 is 0 Å². The van der Waals surface area contributed by atoms with Gasteiger partial charge in [-0.1, -0.05) is 29.8 Å². The van der Waals surface area contributed by atoms with E-state index in [1.54, 1.807) is 37.3 Å². The van der Waals surface area contributed by atoms with Gasteiger partial charge in [0.2, 0.25) is 0 Å². The average Bonchev–Trinajstić information content (AvgIpc) is 2.35. The number of hydrogen-bond donors (Lipinski definition) is 1. The molecule has 1 N–H and O–H groups in total. The Hall–Kier alpha value is -1.87. The second-order valence-corrected chi connectivity index (χ2v) is 4.34. The van der Waals surface area contributed by atoms with Crippen molar-refractivity contribution in [3.05, 3.63) is 64.4 Å². The molecule has 0 aliphatic heterocycles. The Labute approximate surface area is 109 Å². The number of amides is 1. The molecule has 0 spiro atoms. The Bertz CT molecular complexity index is 598. The van der Waals surface area contributed by atoms with E-state index in [2.05, 4.69) is 5.32 Å². The quantitative estimate of drug-likeness (QED) is 0.870. The van der Waals surface area contributed by atoms with Crippen LogP contribution in [0.4, 0.5) is 10.1 Å². The maximum absolute atomic E-state index is 13.7. The molecule has 92 valence electrons. The van der Waals surface area contributed by atoms with Crippen molar-refractivity contribution in [3.63, 3.8) is 0 Å². The molecule has 0 aliphatic carbocycles. The summed E-state index contributed by atoms with van der Waals surface area (Å²) in [4.78, 5) is 11.9. The van der Waals surface area contributed by atoms with Crippen molar-refractivity contribution in [1.82, 2.24) is 0 Å². The molecule has 2 aromatic carbocycles. The van der Waals surface area contributed by atoms with Gasteiger partial charge in [0.25, 0.3) is 5.91 Å². The molecule has 2 nitrogen and oxygen atoms in total. The molecule has 0 unspecified atom stereocenters. The fraction of sp³-hybridized carbons (Fsp3) is 0.0714. The van der Waals surface area contributed by atoms with Crippen LogP contribution in [-0.4, -0.2) is 5.91 Å². The first-order valence-electron chi connectivity index (χ1n) is 5.40. The van der Waals surface area contributed by atoms with Crippen LogP contribution in [0.1, 0.15) is 15.9 Å². The molecule has 0 aromatic heterocycles. The topological polar surface area (TPSA) is 29.1 Å². The smallest absolute Gasteiger partial charge is 0.255 e. The molecular formula is C14H11ClFNO. The highest BCUT2D eigenvalue weighted by atomic mass is 35.5. The van der Waals surface area contributed by atoms with Gasteiger partial charge in [-0.15, -0.1) is 0 Å². The van der Waals surface area contributed by atoms with E-state index in [9.17, 15) is 9.18 Å². The maximum atomic E-state index is 13.7. The number of aryl methyl sites for hydroxylation is 1. The predicted molar refractivity (Wildman–Crippen MR) is 70.5 cm³/mol. The summed E-state index contributed by atoms with van der Waals surface area (Å²) in [6, 6.07) is 11.3. The molecule has 0 heterocycles. The van der Waals surface area contributed by atoms with Crippen LogP contribution in [0.3, 0.4) is 0 Å². The van der Waals surface area contributed by atoms with E-state index >= 15 is 0 Å². The third-order valence-corrected chi connectivity index (χ3v) is 2.76. The van der Waals surface area contributed by atoms with Gasteiger partial charge in [0.15, 0.2) is 0 Å². The van der Waals surface area contributed by atoms with Crippen LogP contribution in [0.15, 0.2) is 42.5 Å². The van der Waals surface area contributed by atoms with Crippen LogP contribution in [-0.2, 0) is 0 Å². The Morgan fingerprint density at radius 1 is 1.22 bits per heavy atom. The Balaban J connectivity index is 2.24. The van der Waals surface area contributed by atoms with E-state index in [-0.39, 0.29) is 11.6 Å². The van der Waals surface area contributed by atoms with Crippen LogP contribution < -0.4 is 5.32 Å². The largest absolute Gasteiger partial charge is 0.319 e. The van der Waals surface area contributed by atoms with Crippen molar-refractivity contribution in [2.75, 3.05) is 5.32 Å². The van der Waals surface area contributed by atoms with E-state index < -0.39 is 5.82 Å². The van der Waals surface area contributed by atoms with Gasteiger partial charge in [-0.3, -0.25) is 4.79 Å². The molecular weight excluding hydrogens is 253 g/mol. The summed E-state index contributed by atoms with van der Waals surface area (Å²) in [6.45, 7) is 1.64. The van der Waals surface area contributed by atoms with Gasteiger partial charge < -0.3 is 5.32 Å². The highest BCUT2D eigenvalue weighted by Gasteiger charge is 2.10. The van der Waals surface area contributed by atoms with Gasteiger partial charge in [0.05, 0.1) is 5.69 Å². The Morgan fingerprint density at radius 2 is 1.94 bits per heavy atom. The predicted octanol–water partition coefficient (Wildman–Crippen LogP) is 4.04. The second-order valence-electron chi connectivity index (χ2n) is 3.90. The number of halogens is 2. The first-order chi connectivity index (χ1) is 8.58. The van der Waals surface area contributed by atoms with Gasteiger partial charge in [0.1, 0.15) is 5.82 Å². The lowest BCUT2D eigenvalue weighted by atomic mass is 10.2. The number of carbonyl (C=O) groups excluding carboxylic acids is 1. The summed E-state index contributed by atoms with van der Waals surface area (Å²) >= 11 is 5.79. The van der Waals surface area contributed by atoms with Crippen LogP contribution in [0.25, 0.3) is 0 Å². The third-order valence-electron chi connectivity index (χ3n) is 2.53. The molecule has 0 saturated heterocycles. The lowest BCUT2D eigenvalue weighted by Crippen LogP contribution is -2.13. The summed E-state index contributed by atoms with van der Waals surface area (Å²) in [5.41, 5.74) is 1.04. The monoisotopic (exact) mass is 263 g/mol. The lowest BCUT2D eigenvalue weighted by Gasteiger charge is -2.08. The molecule has 0 radical (unpaired) electrons. The summed E-state index contributed by atoms with van der Waals surface area (Å²) in [5.74, 6) is -0.810. The fourth-order valence-corrected chi connectivity index (χ4v) is 1.76. The van der Waals surface area contributed by atoms with Gasteiger partial charge in [0, 0.05) is 10.6 Å². The minimum atomic E-state index is -0.423. The third kappa shape index (κ3) is 2.68. The molecule has 2 rings (SSSR count). The van der Waals surface area contributed by atoms with Crippen molar-refractivity contribution >= 4 is 23.2 Å². The first kappa shape index (κ1) is 12.6. The van der Waals surface area contributed by atoms with Crippen molar-refractivity contribution in [3.8, 4) is 0 Å². The van der Waals surface area contributed by atoms with Crippen molar-refractivity contribution < 1.29 is 9.18 Å². The number of carbonyl (C=O) groups is 1. The zero-order chi connectivity index (χ0) is 13.1. The zero-order valence-electron chi connectivity index (χ0n) is 9.71. The maximum Gasteiger partial charge on any atom is 0.255 e. The molecule has 0 fully saturated rings. The molecule has 4 heteroatoms. The molecule has 0 bridgehead atoms. The number of nitrogens with one attached hydrogen (secondary N) is 1. The first-order valence-corrected chi connectivity index (χ1v) is 5.78. The molecule has 18 heavy (non-hydrogen) atoms. The number of rotatable bonds is 2. The summed E-state index contributed by atoms with van der Waals surface area (Å²) in [5, 5.41) is 2.99. The van der Waals surface area contributed by atoms with Crippen LogP contribution in [0.2, 0.25) is 5.02 Å². The van der Waals surface area contributed by atoms with E-state index in [0.29, 0.717) is 16.1 Å². The summed E-state index contributed by atoms with van der Waals surface area (Å²) in [7, 11) is 0. The molecule has 0 atom stereocenters. The van der Waals surface area contributed by atoms with E-state index in [4.69, 9.17) is 11.6 Å². The zero-order valence-corrected chi connectivity index (χ0v) is 10.5. The van der Waals surface area contributed by atoms with Crippen molar-refractivity contribution in [1.29, 1.82) is 0 Å². The molecule has 2 aromatic rings. The second kappa shape index (κ2) is 5.19. The van der Waals surface area contributed by atoms with E-state index in [1.165, 1.54) is 12.1 Å². The van der Waals surface area contributed by atoms with Gasteiger partial charge in [-0.2, -0.15) is 0 Å². The summed E-state index contributed by atoms with van der Waals surface area (Å²) < 4.78 is 13.7. The Kier molecular flexibility index (Phi) is 3.63. The fourth-order valence-electron chi connectivity index (χ4n) is 1.57. The van der Waals surface area contributed by atoms with Gasteiger partial charge in [-0.25, -0.2) is 4.39 Å². The summed E-state index contributed by atoms with van der Waals surface area (Å²) in [6.07, 6.45) is 0. The van der Waals surface area contributed by atoms with E-state index in [0.717, 1.165) is 0 Å². The molecule has 0 saturated carbocycles. The van der Waals surface area contributed by atoms with Crippen LogP contribution in [0, 0.1) is 12.7 Å². The van der Waals surface area contributed by atoms with Gasteiger partial charge in [-0.05, 0) is 36.8 Å². The SMILES string of the molecule is Cc1cccc(NC(=O)c2cccc(Cl)c2)c1F. The molecule has 0 aliphatic rings. The average molecular weight is 264 g/mol. The normalized spacial score (nSPS) is 10.2. The minimum Gasteiger partial charge on any atom is -0.319 e. The minimum absolute atomic E-state index is 0.167. The highest BCUT2D eigenvalue weighted by Crippen LogP contribution is 2.18. The number of benzene rings is 2. The van der Waals surface area contributed by atoms with Crippen molar-refractivity contribution in [2.45, 2.75) is 6.92 Å². The standard InChI is InChI=1S/C14H11ClFNO/c1-9-4-2-7-12(13(9)16)17-14(18)10-5-3-6-11(15)8-10/h2-8H,1H3,(H,17,18). The molecule has 1 amide bonds. The Morgan fingerprint density at radius 3 is 2.67 bits per heavy atom. The van der Waals surface area contributed by atoms with Crippen LogP contribution in [0.5, 0.6) is 0 Å². The van der Waals surface area contributed by atoms with E-state index in [1.807, 2.05) is 0 Å². The lowest BCUT2D eigenvalue weighted by molar-refractivity contribution is 0.102. The van der Waals surface area contributed by atoms with Crippen LogP contribution >= 0.6 is 11.6 Å². The van der Waals surface area contributed by atoms with Crippen molar-refractivity contribution in [2.24, 2.45) is 0 Å². The highest BCUT2D eigenvalue weighted by molar-refractivity contribution is 6.31. The number of anilines is 1.